The van der Waals surface area contributed by atoms with Crippen molar-refractivity contribution in [1.29, 1.82) is 0 Å². The molecule has 2 aliphatic rings. The van der Waals surface area contributed by atoms with Crippen LogP contribution in [0.4, 0.5) is 0 Å². The Kier molecular flexibility index (Phi) is 3.57. The number of carbonyl (C=O) groups excluding carboxylic acids is 1. The maximum Gasteiger partial charge on any atom is 0.222 e. The number of rotatable bonds is 5. The third-order valence-electron chi connectivity index (χ3n) is 4.33. The maximum atomic E-state index is 11.4. The van der Waals surface area contributed by atoms with Gasteiger partial charge in [-0.05, 0) is 31.1 Å². The van der Waals surface area contributed by atoms with Crippen LogP contribution in [0.15, 0.2) is 12.2 Å². The van der Waals surface area contributed by atoms with Gasteiger partial charge in [0.1, 0.15) is 0 Å². The van der Waals surface area contributed by atoms with E-state index in [1.54, 1.807) is 4.90 Å². The fraction of sp³-hybridized carbons (Fsp3) is 0.786. The van der Waals surface area contributed by atoms with Gasteiger partial charge in [-0.1, -0.05) is 25.5 Å². The van der Waals surface area contributed by atoms with Gasteiger partial charge in [0.2, 0.25) is 5.91 Å². The van der Waals surface area contributed by atoms with E-state index in [1.165, 1.54) is 0 Å². The first kappa shape index (κ1) is 12.6. The summed E-state index contributed by atoms with van der Waals surface area (Å²) < 4.78 is 0. The van der Waals surface area contributed by atoms with E-state index in [9.17, 15) is 9.90 Å². The van der Waals surface area contributed by atoms with Crippen molar-refractivity contribution < 1.29 is 9.90 Å². The van der Waals surface area contributed by atoms with Crippen molar-refractivity contribution in [3.05, 3.63) is 12.2 Å². The SMILES string of the molecule is CCCC1(C(O)/C=C/C2CCC(=O)N2C)CC1. The summed E-state index contributed by atoms with van der Waals surface area (Å²) in [5.74, 6) is 0.212. The molecule has 1 aliphatic carbocycles. The molecule has 0 bridgehead atoms. The van der Waals surface area contributed by atoms with Crippen LogP contribution in [0, 0.1) is 5.41 Å². The van der Waals surface area contributed by atoms with Crippen molar-refractivity contribution >= 4 is 5.91 Å². The van der Waals surface area contributed by atoms with Crippen molar-refractivity contribution in [2.75, 3.05) is 7.05 Å². The molecule has 0 spiro atoms. The highest BCUT2D eigenvalue weighted by Gasteiger charge is 2.46. The second-order valence-electron chi connectivity index (χ2n) is 5.55. The molecule has 2 fully saturated rings. The molecule has 1 heterocycles. The normalized spacial score (nSPS) is 29.0. The Bertz CT molecular complexity index is 320. The zero-order valence-electron chi connectivity index (χ0n) is 10.9. The van der Waals surface area contributed by atoms with Gasteiger partial charge in [0, 0.05) is 13.5 Å². The van der Waals surface area contributed by atoms with E-state index in [0.29, 0.717) is 6.42 Å². The summed E-state index contributed by atoms with van der Waals surface area (Å²) in [7, 11) is 1.84. The predicted octanol–water partition coefficient (Wildman–Crippen LogP) is 2.10. The Hall–Kier alpha value is -0.830. The summed E-state index contributed by atoms with van der Waals surface area (Å²) in [6, 6.07) is 0.189. The molecule has 1 N–H and O–H groups in total. The van der Waals surface area contributed by atoms with Gasteiger partial charge in [-0.15, -0.1) is 0 Å². The van der Waals surface area contributed by atoms with Gasteiger partial charge < -0.3 is 10.0 Å². The molecule has 1 aliphatic heterocycles. The van der Waals surface area contributed by atoms with Crippen LogP contribution in [0.25, 0.3) is 0 Å². The van der Waals surface area contributed by atoms with Crippen molar-refractivity contribution in [1.82, 2.24) is 4.90 Å². The summed E-state index contributed by atoms with van der Waals surface area (Å²) in [5.41, 5.74) is 0.159. The third-order valence-corrected chi connectivity index (χ3v) is 4.33. The fourth-order valence-corrected chi connectivity index (χ4v) is 2.84. The summed E-state index contributed by atoms with van der Waals surface area (Å²) in [6.07, 6.45) is 9.67. The molecule has 0 radical (unpaired) electrons. The molecule has 0 aromatic carbocycles. The van der Waals surface area contributed by atoms with E-state index in [-0.39, 0.29) is 23.5 Å². The molecule has 3 nitrogen and oxygen atoms in total. The first-order valence-electron chi connectivity index (χ1n) is 6.71. The predicted molar refractivity (Wildman–Crippen MR) is 67.5 cm³/mol. The highest BCUT2D eigenvalue weighted by molar-refractivity contribution is 5.78. The fourth-order valence-electron chi connectivity index (χ4n) is 2.84. The summed E-state index contributed by atoms with van der Waals surface area (Å²) >= 11 is 0. The summed E-state index contributed by atoms with van der Waals surface area (Å²) in [5, 5.41) is 10.2. The maximum absolute atomic E-state index is 11.4. The highest BCUT2D eigenvalue weighted by atomic mass is 16.3. The molecular formula is C14H23NO2. The summed E-state index contributed by atoms with van der Waals surface area (Å²) in [6.45, 7) is 2.17. The Morgan fingerprint density at radius 3 is 2.76 bits per heavy atom. The van der Waals surface area contributed by atoms with Crippen LogP contribution >= 0.6 is 0 Å². The monoisotopic (exact) mass is 237 g/mol. The van der Waals surface area contributed by atoms with Crippen molar-refractivity contribution in [2.24, 2.45) is 5.41 Å². The van der Waals surface area contributed by atoms with Crippen LogP contribution in [-0.2, 0) is 4.79 Å². The van der Waals surface area contributed by atoms with Crippen LogP contribution < -0.4 is 0 Å². The number of amides is 1. The van der Waals surface area contributed by atoms with Gasteiger partial charge in [0.15, 0.2) is 0 Å². The van der Waals surface area contributed by atoms with Gasteiger partial charge >= 0.3 is 0 Å². The van der Waals surface area contributed by atoms with Gasteiger partial charge in [-0.2, -0.15) is 0 Å². The molecule has 1 amide bonds. The number of hydrogen-bond donors (Lipinski definition) is 1. The topological polar surface area (TPSA) is 40.5 Å². The van der Waals surface area contributed by atoms with Gasteiger partial charge in [0.25, 0.3) is 0 Å². The molecular weight excluding hydrogens is 214 g/mol. The van der Waals surface area contributed by atoms with Gasteiger partial charge in [0.05, 0.1) is 12.1 Å². The van der Waals surface area contributed by atoms with Crippen LogP contribution in [0.2, 0.25) is 0 Å². The van der Waals surface area contributed by atoms with Crippen LogP contribution in [-0.4, -0.2) is 35.1 Å². The smallest absolute Gasteiger partial charge is 0.222 e. The summed E-state index contributed by atoms with van der Waals surface area (Å²) in [4.78, 5) is 13.2. The van der Waals surface area contributed by atoms with E-state index in [2.05, 4.69) is 6.92 Å². The number of aliphatic hydroxyl groups excluding tert-OH is 1. The molecule has 96 valence electrons. The van der Waals surface area contributed by atoms with E-state index < -0.39 is 0 Å². The van der Waals surface area contributed by atoms with Gasteiger partial charge in [-0.25, -0.2) is 0 Å². The Morgan fingerprint density at radius 1 is 1.59 bits per heavy atom. The Labute approximate surface area is 103 Å². The third kappa shape index (κ3) is 2.54. The lowest BCUT2D eigenvalue weighted by atomic mass is 9.93. The average molecular weight is 237 g/mol. The average Bonchev–Trinajstić information content (AvgIpc) is 3.02. The molecule has 2 atom stereocenters. The number of hydrogen-bond acceptors (Lipinski definition) is 2. The van der Waals surface area contributed by atoms with Crippen LogP contribution in [0.3, 0.4) is 0 Å². The molecule has 3 heteroatoms. The minimum absolute atomic E-state index is 0.159. The minimum Gasteiger partial charge on any atom is -0.388 e. The minimum atomic E-state index is -0.327. The quantitative estimate of drug-likeness (QED) is 0.744. The number of likely N-dealkylation sites (tertiary alicyclic amines) is 1. The van der Waals surface area contributed by atoms with E-state index in [4.69, 9.17) is 0 Å². The number of likely N-dealkylation sites (N-methyl/N-ethyl adjacent to an activating group) is 1. The van der Waals surface area contributed by atoms with Crippen molar-refractivity contribution in [2.45, 2.75) is 57.6 Å². The molecule has 17 heavy (non-hydrogen) atoms. The first-order chi connectivity index (χ1) is 8.09. The highest BCUT2D eigenvalue weighted by Crippen LogP contribution is 2.52. The van der Waals surface area contributed by atoms with Crippen molar-refractivity contribution in [3.63, 3.8) is 0 Å². The molecule has 1 saturated heterocycles. The second kappa shape index (κ2) is 4.81. The van der Waals surface area contributed by atoms with Crippen LogP contribution in [0.5, 0.6) is 0 Å². The molecule has 2 rings (SSSR count). The Morgan fingerprint density at radius 2 is 2.29 bits per heavy atom. The number of carbonyl (C=O) groups is 1. The number of aliphatic hydroxyl groups is 1. The van der Waals surface area contributed by atoms with E-state index >= 15 is 0 Å². The molecule has 2 unspecified atom stereocenters. The second-order valence-corrected chi connectivity index (χ2v) is 5.55. The largest absolute Gasteiger partial charge is 0.388 e. The standard InChI is InChI=1S/C14H23NO2/c1-3-8-14(9-10-14)12(16)6-4-11-5-7-13(17)15(11)2/h4,6,11-12,16H,3,5,7-10H2,1-2H3/b6-4+. The first-order valence-corrected chi connectivity index (χ1v) is 6.71. The molecule has 0 aromatic rings. The zero-order chi connectivity index (χ0) is 12.5. The molecule has 0 aromatic heterocycles. The zero-order valence-corrected chi connectivity index (χ0v) is 10.9. The number of nitrogens with zero attached hydrogens (tertiary/aromatic N) is 1. The lowest BCUT2D eigenvalue weighted by molar-refractivity contribution is -0.127. The van der Waals surface area contributed by atoms with E-state index in [1.807, 2.05) is 19.2 Å². The lowest BCUT2D eigenvalue weighted by Gasteiger charge is -2.20. The van der Waals surface area contributed by atoms with Gasteiger partial charge in [-0.3, -0.25) is 4.79 Å². The van der Waals surface area contributed by atoms with E-state index in [0.717, 1.165) is 32.1 Å². The molecule has 1 saturated carbocycles. The Balaban J connectivity index is 1.90. The van der Waals surface area contributed by atoms with Crippen molar-refractivity contribution in [3.8, 4) is 0 Å². The lowest BCUT2D eigenvalue weighted by Crippen LogP contribution is -2.27. The van der Waals surface area contributed by atoms with Crippen LogP contribution in [0.1, 0.15) is 45.4 Å².